The predicted octanol–water partition coefficient (Wildman–Crippen LogP) is 5.20. The summed E-state index contributed by atoms with van der Waals surface area (Å²) in [5, 5.41) is 0. The summed E-state index contributed by atoms with van der Waals surface area (Å²) >= 11 is 0. The Morgan fingerprint density at radius 2 is 1.77 bits per heavy atom. The molecule has 8 unspecified atom stereocenters. The number of rotatable bonds is 9. The van der Waals surface area contributed by atoms with Gasteiger partial charge in [0.05, 0.1) is 0 Å². The molecule has 2 N–H and O–H groups in total. The Morgan fingerprint density at radius 1 is 1.14 bits per heavy atom. The van der Waals surface area contributed by atoms with E-state index in [1.54, 1.807) is 0 Å². The first-order chi connectivity index (χ1) is 10.4. The average Bonchev–Trinajstić information content (AvgIpc) is 2.52. The van der Waals surface area contributed by atoms with Crippen molar-refractivity contribution in [2.24, 2.45) is 53.1 Å². The van der Waals surface area contributed by atoms with Crippen LogP contribution in [-0.4, -0.2) is 6.54 Å². The second kappa shape index (κ2) is 8.97. The molecule has 0 spiro atoms. The van der Waals surface area contributed by atoms with Gasteiger partial charge in [0.15, 0.2) is 0 Å². The Kier molecular flexibility index (Phi) is 7.98. The van der Waals surface area contributed by atoms with Crippen LogP contribution < -0.4 is 5.73 Å². The van der Waals surface area contributed by atoms with Crippen molar-refractivity contribution >= 4 is 0 Å². The summed E-state index contributed by atoms with van der Waals surface area (Å²) < 4.78 is 0. The molecule has 0 radical (unpaired) electrons. The second-order valence-corrected chi connectivity index (χ2v) is 8.25. The molecule has 1 aliphatic carbocycles. The van der Waals surface area contributed by atoms with Gasteiger partial charge < -0.3 is 5.73 Å². The Balaban J connectivity index is 2.71. The van der Waals surface area contributed by atoms with E-state index >= 15 is 0 Å². The Labute approximate surface area is 139 Å². The monoisotopic (exact) mass is 305 g/mol. The van der Waals surface area contributed by atoms with Crippen molar-refractivity contribution in [2.75, 3.05) is 6.54 Å². The molecular weight excluding hydrogens is 266 g/mol. The van der Waals surface area contributed by atoms with Gasteiger partial charge in [0, 0.05) is 5.92 Å². The van der Waals surface area contributed by atoms with Crippen molar-refractivity contribution in [1.82, 2.24) is 0 Å². The second-order valence-electron chi connectivity index (χ2n) is 8.25. The normalized spacial score (nSPS) is 33.4. The summed E-state index contributed by atoms with van der Waals surface area (Å²) in [5.41, 5.74) is 5.83. The molecule has 1 nitrogen and oxygen atoms in total. The highest BCUT2D eigenvalue weighted by atomic mass is 14.5. The lowest BCUT2D eigenvalue weighted by atomic mass is 9.52. The molecule has 1 rings (SSSR count). The van der Waals surface area contributed by atoms with Crippen LogP contribution in [0.5, 0.6) is 0 Å². The van der Waals surface area contributed by atoms with Gasteiger partial charge in [-0.1, -0.05) is 54.4 Å². The summed E-state index contributed by atoms with van der Waals surface area (Å²) in [5.74, 6) is 8.88. The van der Waals surface area contributed by atoms with E-state index in [2.05, 4.69) is 47.5 Å². The van der Waals surface area contributed by atoms with Crippen LogP contribution in [0.2, 0.25) is 0 Å². The van der Waals surface area contributed by atoms with Crippen LogP contribution in [0.3, 0.4) is 0 Å². The highest BCUT2D eigenvalue weighted by molar-refractivity contribution is 5.04. The first-order valence-corrected chi connectivity index (χ1v) is 9.53. The molecular formula is C21H39N. The zero-order valence-corrected chi connectivity index (χ0v) is 15.8. The number of hydrogen-bond acceptors (Lipinski definition) is 1. The molecule has 0 aliphatic heterocycles. The molecule has 22 heavy (non-hydrogen) atoms. The minimum atomic E-state index is 0.428. The van der Waals surface area contributed by atoms with Crippen LogP contribution >= 0.6 is 0 Å². The Bertz CT molecular complexity index is 355. The van der Waals surface area contributed by atoms with Crippen molar-refractivity contribution in [3.05, 3.63) is 0 Å². The van der Waals surface area contributed by atoms with E-state index < -0.39 is 0 Å². The lowest BCUT2D eigenvalue weighted by molar-refractivity contribution is -0.0406. The maximum Gasteiger partial charge on any atom is 0.0205 e. The van der Waals surface area contributed by atoms with E-state index in [4.69, 9.17) is 12.2 Å². The van der Waals surface area contributed by atoms with Crippen LogP contribution in [0.1, 0.15) is 67.2 Å². The van der Waals surface area contributed by atoms with Crippen molar-refractivity contribution < 1.29 is 0 Å². The maximum atomic E-state index is 5.83. The standard InChI is InChI=1S/C21H39N/c1-8-10-19(16(5)11-14(3)13-22)12-20-17(6)18(7)21(20)15(4)9-2/h2,14-21H,8,10-13,22H2,1,3-7H3. The Hall–Kier alpha value is -0.480. The van der Waals surface area contributed by atoms with Gasteiger partial charge in [-0.25, -0.2) is 0 Å². The summed E-state index contributed by atoms with van der Waals surface area (Å²) in [4.78, 5) is 0. The minimum absolute atomic E-state index is 0.428. The lowest BCUT2D eigenvalue weighted by Crippen LogP contribution is -2.48. The summed E-state index contributed by atoms with van der Waals surface area (Å²) in [6, 6.07) is 0. The minimum Gasteiger partial charge on any atom is -0.330 e. The van der Waals surface area contributed by atoms with Gasteiger partial charge in [-0.05, 0) is 60.8 Å². The van der Waals surface area contributed by atoms with Crippen molar-refractivity contribution in [3.63, 3.8) is 0 Å². The highest BCUT2D eigenvalue weighted by Crippen LogP contribution is 2.53. The molecule has 1 heteroatoms. The van der Waals surface area contributed by atoms with Crippen molar-refractivity contribution in [2.45, 2.75) is 67.2 Å². The van der Waals surface area contributed by atoms with Gasteiger partial charge >= 0.3 is 0 Å². The lowest BCUT2D eigenvalue weighted by Gasteiger charge is -2.53. The summed E-state index contributed by atoms with van der Waals surface area (Å²) in [7, 11) is 0. The fourth-order valence-electron chi connectivity index (χ4n) is 4.92. The van der Waals surface area contributed by atoms with Crippen molar-refractivity contribution in [1.29, 1.82) is 0 Å². The largest absolute Gasteiger partial charge is 0.330 e. The van der Waals surface area contributed by atoms with E-state index in [0.29, 0.717) is 11.8 Å². The molecule has 1 saturated carbocycles. The molecule has 8 atom stereocenters. The third kappa shape index (κ3) is 4.51. The molecule has 0 aromatic heterocycles. The van der Waals surface area contributed by atoms with Crippen LogP contribution in [-0.2, 0) is 0 Å². The molecule has 128 valence electrons. The fraction of sp³-hybridized carbons (Fsp3) is 0.905. The van der Waals surface area contributed by atoms with Gasteiger partial charge in [0.1, 0.15) is 0 Å². The van der Waals surface area contributed by atoms with Crippen LogP contribution in [0.15, 0.2) is 0 Å². The molecule has 0 heterocycles. The molecule has 0 bridgehead atoms. The van der Waals surface area contributed by atoms with E-state index in [0.717, 1.165) is 42.1 Å². The quantitative estimate of drug-likeness (QED) is 0.582. The number of terminal acetylenes is 1. The third-order valence-electron chi connectivity index (χ3n) is 6.66. The topological polar surface area (TPSA) is 26.0 Å². The molecule has 0 saturated heterocycles. The molecule has 0 aromatic carbocycles. The van der Waals surface area contributed by atoms with Crippen LogP contribution in [0.25, 0.3) is 0 Å². The molecule has 1 fully saturated rings. The number of nitrogens with two attached hydrogens (primary N) is 1. The number of hydrogen-bond donors (Lipinski definition) is 1. The van der Waals surface area contributed by atoms with Gasteiger partial charge in [0.2, 0.25) is 0 Å². The van der Waals surface area contributed by atoms with E-state index in [-0.39, 0.29) is 0 Å². The summed E-state index contributed by atoms with van der Waals surface area (Å²) in [6.07, 6.45) is 11.0. The van der Waals surface area contributed by atoms with Crippen LogP contribution in [0, 0.1) is 59.7 Å². The first kappa shape index (κ1) is 19.6. The van der Waals surface area contributed by atoms with Gasteiger partial charge in [-0.2, -0.15) is 0 Å². The zero-order valence-electron chi connectivity index (χ0n) is 15.8. The van der Waals surface area contributed by atoms with Crippen LogP contribution in [0.4, 0.5) is 0 Å². The average molecular weight is 306 g/mol. The van der Waals surface area contributed by atoms with E-state index in [9.17, 15) is 0 Å². The van der Waals surface area contributed by atoms with E-state index in [1.807, 2.05) is 0 Å². The van der Waals surface area contributed by atoms with Gasteiger partial charge in [-0.3, -0.25) is 0 Å². The molecule has 1 aliphatic rings. The first-order valence-electron chi connectivity index (χ1n) is 9.53. The highest BCUT2D eigenvalue weighted by Gasteiger charge is 2.47. The van der Waals surface area contributed by atoms with Gasteiger partial charge in [-0.15, -0.1) is 12.3 Å². The zero-order chi connectivity index (χ0) is 16.9. The van der Waals surface area contributed by atoms with Gasteiger partial charge in [0.25, 0.3) is 0 Å². The molecule has 0 aromatic rings. The Morgan fingerprint density at radius 3 is 2.27 bits per heavy atom. The SMILES string of the molecule is C#CC(C)C1C(C)C(C)C1CC(CCC)C(C)CC(C)CN. The summed E-state index contributed by atoms with van der Waals surface area (Å²) in [6.45, 7) is 14.9. The van der Waals surface area contributed by atoms with Crippen molar-refractivity contribution in [3.8, 4) is 12.3 Å². The molecule has 0 amide bonds. The maximum absolute atomic E-state index is 5.83. The third-order valence-corrected chi connectivity index (χ3v) is 6.66. The van der Waals surface area contributed by atoms with E-state index in [1.165, 1.54) is 25.7 Å². The smallest absolute Gasteiger partial charge is 0.0205 e. The fourth-order valence-corrected chi connectivity index (χ4v) is 4.92. The predicted molar refractivity (Wildman–Crippen MR) is 98.3 cm³/mol.